The van der Waals surface area contributed by atoms with Crippen LogP contribution in [0, 0.1) is 0 Å². The molecule has 7 nitrogen and oxygen atoms in total. The van der Waals surface area contributed by atoms with Gasteiger partial charge in [-0.05, 0) is 18.6 Å². The lowest BCUT2D eigenvalue weighted by atomic mass is 10.3. The Balaban J connectivity index is 0.00000242. The van der Waals surface area contributed by atoms with Crippen molar-refractivity contribution in [3.8, 4) is 0 Å². The van der Waals surface area contributed by atoms with E-state index in [9.17, 15) is 0 Å². The molecule has 2 N–H and O–H groups in total. The Morgan fingerprint density at radius 3 is 2.73 bits per heavy atom. The lowest BCUT2D eigenvalue weighted by Crippen LogP contribution is -2.37. The highest BCUT2D eigenvalue weighted by atomic mass is 127. The topological polar surface area (TPSA) is 80.0 Å². The van der Waals surface area contributed by atoms with Crippen LogP contribution in [0.1, 0.15) is 18.3 Å². The van der Waals surface area contributed by atoms with E-state index >= 15 is 0 Å². The first-order chi connectivity index (χ1) is 10.2. The van der Waals surface area contributed by atoms with Gasteiger partial charge in [0.15, 0.2) is 5.96 Å². The summed E-state index contributed by atoms with van der Waals surface area (Å²) in [6.45, 7) is 3.88. The van der Waals surface area contributed by atoms with Crippen LogP contribution in [0.15, 0.2) is 29.6 Å². The van der Waals surface area contributed by atoms with Gasteiger partial charge in [0, 0.05) is 19.8 Å². The van der Waals surface area contributed by atoms with Crippen molar-refractivity contribution in [3.05, 3.63) is 41.2 Å². The highest BCUT2D eigenvalue weighted by Crippen LogP contribution is 2.06. The lowest BCUT2D eigenvalue weighted by molar-refractivity contribution is 0.673. The van der Waals surface area contributed by atoms with Gasteiger partial charge in [-0.15, -0.1) is 24.0 Å². The normalized spacial score (nSPS) is 11.0. The number of rotatable bonds is 5. The molecule has 2 aromatic rings. The first-order valence-corrected chi connectivity index (χ1v) is 7.02. The van der Waals surface area contributed by atoms with Crippen LogP contribution in [0.5, 0.6) is 0 Å². The molecule has 0 aromatic carbocycles. The minimum absolute atomic E-state index is 0. The van der Waals surface area contributed by atoms with Crippen LogP contribution in [0.2, 0.25) is 5.15 Å². The Morgan fingerprint density at radius 2 is 2.14 bits per heavy atom. The monoisotopic (exact) mass is 435 g/mol. The van der Waals surface area contributed by atoms with Gasteiger partial charge in [-0.1, -0.05) is 17.7 Å². The molecule has 2 aromatic heterocycles. The summed E-state index contributed by atoms with van der Waals surface area (Å²) in [4.78, 5) is 12.7. The van der Waals surface area contributed by atoms with Crippen molar-refractivity contribution < 1.29 is 0 Å². The molecule has 0 bridgehead atoms. The number of nitrogens with one attached hydrogen (secondary N) is 2. The van der Waals surface area contributed by atoms with Gasteiger partial charge in [0.2, 0.25) is 0 Å². The largest absolute Gasteiger partial charge is 0.357 e. The van der Waals surface area contributed by atoms with Gasteiger partial charge in [0.05, 0.1) is 13.1 Å². The number of nitrogens with zero attached hydrogens (tertiary/aromatic N) is 5. The third kappa shape index (κ3) is 5.76. The zero-order valence-corrected chi connectivity index (χ0v) is 15.5. The minimum Gasteiger partial charge on any atom is -0.357 e. The van der Waals surface area contributed by atoms with E-state index in [0.717, 1.165) is 23.9 Å². The average molecular weight is 436 g/mol. The van der Waals surface area contributed by atoms with Crippen LogP contribution in [-0.4, -0.2) is 32.3 Å². The molecule has 0 aliphatic carbocycles. The van der Waals surface area contributed by atoms with E-state index in [-0.39, 0.29) is 24.0 Å². The second kappa shape index (κ2) is 9.57. The number of hydrogen-bond acceptors (Lipinski definition) is 4. The standard InChI is InChI=1S/C13H18ClN7.HI/c1-3-15-13(18-8-12-19-9-20-21(12)2)17-7-10-4-5-11(14)16-6-10;/h4-6,9H,3,7-8H2,1-2H3,(H2,15,17,18);1H. The Kier molecular flexibility index (Phi) is 8.10. The zero-order chi connectivity index (χ0) is 15.1. The second-order valence-corrected chi connectivity index (χ2v) is 4.73. The van der Waals surface area contributed by atoms with E-state index in [1.54, 1.807) is 16.9 Å². The molecule has 0 amide bonds. The zero-order valence-electron chi connectivity index (χ0n) is 12.5. The van der Waals surface area contributed by atoms with Gasteiger partial charge >= 0.3 is 0 Å². The number of pyridine rings is 1. The first kappa shape index (κ1) is 18.6. The highest BCUT2D eigenvalue weighted by molar-refractivity contribution is 14.0. The molecule has 0 saturated carbocycles. The predicted octanol–water partition coefficient (Wildman–Crippen LogP) is 1.74. The van der Waals surface area contributed by atoms with E-state index in [1.165, 1.54) is 6.33 Å². The molecular weight excluding hydrogens is 417 g/mol. The summed E-state index contributed by atoms with van der Waals surface area (Å²) < 4.78 is 1.72. The second-order valence-electron chi connectivity index (χ2n) is 4.34. The summed E-state index contributed by atoms with van der Waals surface area (Å²) in [7, 11) is 1.85. The molecule has 22 heavy (non-hydrogen) atoms. The Labute approximate surface area is 151 Å². The molecule has 0 spiro atoms. The van der Waals surface area contributed by atoms with Crippen molar-refractivity contribution in [1.29, 1.82) is 0 Å². The molecule has 9 heteroatoms. The van der Waals surface area contributed by atoms with Gasteiger partial charge in [0.1, 0.15) is 17.3 Å². The number of halogens is 2. The molecular formula is C13H19ClIN7. The summed E-state index contributed by atoms with van der Waals surface area (Å²) in [6, 6.07) is 3.66. The predicted molar refractivity (Wildman–Crippen MR) is 97.3 cm³/mol. The van der Waals surface area contributed by atoms with Gasteiger partial charge in [-0.25, -0.2) is 15.0 Å². The molecule has 0 aliphatic rings. The van der Waals surface area contributed by atoms with Crippen LogP contribution >= 0.6 is 35.6 Å². The van der Waals surface area contributed by atoms with Crippen LogP contribution < -0.4 is 10.6 Å². The fraction of sp³-hybridized carbons (Fsp3) is 0.385. The Bertz CT molecular complexity index is 597. The Hall–Kier alpha value is -1.42. The molecule has 2 heterocycles. The van der Waals surface area contributed by atoms with Crippen molar-refractivity contribution in [2.75, 3.05) is 6.54 Å². The third-order valence-corrected chi connectivity index (χ3v) is 3.00. The van der Waals surface area contributed by atoms with E-state index in [0.29, 0.717) is 18.2 Å². The molecule has 0 fully saturated rings. The SMILES string of the molecule is CCNC(=NCc1ccc(Cl)nc1)NCc1ncnn1C.I. The van der Waals surface area contributed by atoms with Crippen LogP contribution in [-0.2, 0) is 20.1 Å². The fourth-order valence-corrected chi connectivity index (χ4v) is 1.77. The number of hydrogen-bond donors (Lipinski definition) is 2. The summed E-state index contributed by atoms with van der Waals surface area (Å²) in [6.07, 6.45) is 3.25. The molecule has 0 atom stereocenters. The number of aryl methyl sites for hydroxylation is 1. The Morgan fingerprint density at radius 1 is 1.32 bits per heavy atom. The summed E-state index contributed by atoms with van der Waals surface area (Å²) in [5, 5.41) is 10.9. The maximum Gasteiger partial charge on any atom is 0.191 e. The summed E-state index contributed by atoms with van der Waals surface area (Å²) >= 11 is 5.76. The first-order valence-electron chi connectivity index (χ1n) is 6.64. The van der Waals surface area contributed by atoms with E-state index < -0.39 is 0 Å². The third-order valence-electron chi connectivity index (χ3n) is 2.77. The maximum atomic E-state index is 5.76. The lowest BCUT2D eigenvalue weighted by Gasteiger charge is -2.10. The van der Waals surface area contributed by atoms with Crippen LogP contribution in [0.4, 0.5) is 0 Å². The highest BCUT2D eigenvalue weighted by Gasteiger charge is 2.02. The quantitative estimate of drug-likeness (QED) is 0.324. The summed E-state index contributed by atoms with van der Waals surface area (Å²) in [5.41, 5.74) is 0.996. The smallest absolute Gasteiger partial charge is 0.191 e. The molecule has 0 saturated heterocycles. The van der Waals surface area contributed by atoms with Crippen molar-refractivity contribution in [2.45, 2.75) is 20.0 Å². The van der Waals surface area contributed by atoms with E-state index in [4.69, 9.17) is 11.6 Å². The minimum atomic E-state index is 0. The number of guanidine groups is 1. The fourth-order valence-electron chi connectivity index (χ4n) is 1.66. The summed E-state index contributed by atoms with van der Waals surface area (Å²) in [5.74, 6) is 1.56. The van der Waals surface area contributed by atoms with Gasteiger partial charge in [0.25, 0.3) is 0 Å². The molecule has 2 rings (SSSR count). The van der Waals surface area contributed by atoms with Gasteiger partial charge in [-0.2, -0.15) is 5.10 Å². The maximum absolute atomic E-state index is 5.76. The average Bonchev–Trinajstić information content (AvgIpc) is 2.89. The van der Waals surface area contributed by atoms with Crippen molar-refractivity contribution >= 4 is 41.5 Å². The van der Waals surface area contributed by atoms with E-state index in [2.05, 4.69) is 30.7 Å². The van der Waals surface area contributed by atoms with E-state index in [1.807, 2.05) is 20.0 Å². The molecule has 120 valence electrons. The number of aromatic nitrogens is 4. The van der Waals surface area contributed by atoms with Gasteiger partial charge in [-0.3, -0.25) is 4.68 Å². The van der Waals surface area contributed by atoms with Crippen molar-refractivity contribution in [2.24, 2.45) is 12.0 Å². The van der Waals surface area contributed by atoms with Gasteiger partial charge < -0.3 is 10.6 Å². The molecule has 0 aliphatic heterocycles. The van der Waals surface area contributed by atoms with Crippen LogP contribution in [0.3, 0.4) is 0 Å². The molecule has 0 radical (unpaired) electrons. The van der Waals surface area contributed by atoms with Crippen molar-refractivity contribution in [1.82, 2.24) is 30.4 Å². The van der Waals surface area contributed by atoms with Crippen molar-refractivity contribution in [3.63, 3.8) is 0 Å². The molecule has 0 unspecified atom stereocenters. The van der Waals surface area contributed by atoms with Crippen LogP contribution in [0.25, 0.3) is 0 Å². The number of aliphatic imine (C=N–C) groups is 1.